The monoisotopic (exact) mass is 384 g/mol. The molecule has 0 aromatic carbocycles. The Kier molecular flexibility index (Phi) is 4.80. The fraction of sp³-hybridized carbons (Fsp3) is 0.840. The molecule has 0 aromatic heterocycles. The van der Waals surface area contributed by atoms with E-state index in [-0.39, 0.29) is 5.41 Å². The highest BCUT2D eigenvalue weighted by atomic mass is 16.3. The van der Waals surface area contributed by atoms with Crippen LogP contribution >= 0.6 is 0 Å². The minimum atomic E-state index is -0.478. The Hall–Kier alpha value is -0.640. The van der Waals surface area contributed by atoms with Gasteiger partial charge in [0, 0.05) is 43.6 Å². The number of nitrogens with zero attached hydrogens (tertiary/aromatic N) is 1. The van der Waals surface area contributed by atoms with E-state index in [1.165, 1.54) is 38.5 Å². The molecule has 3 fully saturated rings. The lowest BCUT2D eigenvalue weighted by atomic mass is 9.50. The first-order valence-electron chi connectivity index (χ1n) is 12.0. The van der Waals surface area contributed by atoms with Crippen molar-refractivity contribution in [2.75, 3.05) is 32.7 Å². The quantitative estimate of drug-likeness (QED) is 0.713. The zero-order chi connectivity index (χ0) is 19.4. The highest BCUT2D eigenvalue weighted by Crippen LogP contribution is 2.66. The third kappa shape index (κ3) is 2.80. The summed E-state index contributed by atoms with van der Waals surface area (Å²) in [4.78, 5) is 2.55. The maximum atomic E-state index is 11.9. The predicted molar refractivity (Wildman–Crippen MR) is 115 cm³/mol. The molecular weight excluding hydrogens is 344 g/mol. The topological polar surface area (TPSA) is 35.5 Å². The summed E-state index contributed by atoms with van der Waals surface area (Å²) in [6, 6.07) is 0. The van der Waals surface area contributed by atoms with E-state index >= 15 is 0 Å². The number of hydrogen-bond acceptors (Lipinski definition) is 3. The van der Waals surface area contributed by atoms with Crippen LogP contribution in [0, 0.1) is 22.7 Å². The fourth-order valence-corrected chi connectivity index (χ4v) is 7.84. The first kappa shape index (κ1) is 19.3. The first-order valence-corrected chi connectivity index (χ1v) is 12.0. The van der Waals surface area contributed by atoms with Gasteiger partial charge in [0.2, 0.25) is 0 Å². The molecule has 5 rings (SSSR count). The Morgan fingerprint density at radius 2 is 1.96 bits per heavy atom. The van der Waals surface area contributed by atoms with E-state index in [0.29, 0.717) is 17.3 Å². The predicted octanol–water partition coefficient (Wildman–Crippen LogP) is 4.29. The van der Waals surface area contributed by atoms with Crippen molar-refractivity contribution in [3.05, 3.63) is 23.3 Å². The van der Waals surface area contributed by atoms with Gasteiger partial charge >= 0.3 is 0 Å². The van der Waals surface area contributed by atoms with Crippen LogP contribution in [0.25, 0.3) is 0 Å². The van der Waals surface area contributed by atoms with E-state index in [1.54, 1.807) is 11.1 Å². The molecule has 0 unspecified atom stereocenters. The third-order valence-electron chi connectivity index (χ3n) is 9.77. The van der Waals surface area contributed by atoms with Crippen molar-refractivity contribution in [1.29, 1.82) is 0 Å². The Balaban J connectivity index is 1.38. The van der Waals surface area contributed by atoms with E-state index < -0.39 is 5.60 Å². The van der Waals surface area contributed by atoms with Crippen molar-refractivity contribution >= 4 is 0 Å². The average Bonchev–Trinajstić information content (AvgIpc) is 2.98. The summed E-state index contributed by atoms with van der Waals surface area (Å²) in [5, 5.41) is 15.3. The van der Waals surface area contributed by atoms with Crippen molar-refractivity contribution < 1.29 is 5.11 Å². The number of allylic oxidation sites excluding steroid dienone is 4. The Bertz CT molecular complexity index is 678. The summed E-state index contributed by atoms with van der Waals surface area (Å²) in [6.07, 6.45) is 16.1. The van der Waals surface area contributed by atoms with Crippen LogP contribution in [0.15, 0.2) is 23.3 Å². The number of fused-ring (bicyclic) bond motifs is 5. The second-order valence-corrected chi connectivity index (χ2v) is 10.9. The Labute approximate surface area is 171 Å². The van der Waals surface area contributed by atoms with Crippen molar-refractivity contribution in [3.8, 4) is 0 Å². The van der Waals surface area contributed by atoms with Gasteiger partial charge in [-0.2, -0.15) is 0 Å². The smallest absolute Gasteiger partial charge is 0.0719 e. The Morgan fingerprint density at radius 1 is 1.14 bits per heavy atom. The molecule has 0 bridgehead atoms. The zero-order valence-corrected chi connectivity index (χ0v) is 18.1. The Morgan fingerprint density at radius 3 is 2.79 bits per heavy atom. The summed E-state index contributed by atoms with van der Waals surface area (Å²) in [5.74, 6) is 1.40. The second-order valence-electron chi connectivity index (χ2n) is 10.9. The summed E-state index contributed by atoms with van der Waals surface area (Å²) < 4.78 is 0. The maximum absolute atomic E-state index is 11.9. The van der Waals surface area contributed by atoms with Gasteiger partial charge in [0.15, 0.2) is 0 Å². The summed E-state index contributed by atoms with van der Waals surface area (Å²) in [6.45, 7) is 10.5. The molecular formula is C25H40N2O. The van der Waals surface area contributed by atoms with Gasteiger partial charge in [-0.25, -0.2) is 0 Å². The molecule has 2 saturated carbocycles. The van der Waals surface area contributed by atoms with Gasteiger partial charge in [0.1, 0.15) is 0 Å². The van der Waals surface area contributed by atoms with Gasteiger partial charge in [0.05, 0.1) is 5.60 Å². The summed E-state index contributed by atoms with van der Waals surface area (Å²) in [7, 11) is 0. The van der Waals surface area contributed by atoms with E-state index in [9.17, 15) is 5.11 Å². The maximum Gasteiger partial charge on any atom is 0.0719 e. The van der Waals surface area contributed by atoms with Crippen molar-refractivity contribution in [1.82, 2.24) is 10.2 Å². The van der Waals surface area contributed by atoms with Crippen molar-refractivity contribution in [3.63, 3.8) is 0 Å². The van der Waals surface area contributed by atoms with Crippen LogP contribution in [0.5, 0.6) is 0 Å². The van der Waals surface area contributed by atoms with Gasteiger partial charge in [-0.3, -0.25) is 0 Å². The summed E-state index contributed by atoms with van der Waals surface area (Å²) >= 11 is 0. The molecule has 156 valence electrons. The molecule has 1 saturated heterocycles. The second kappa shape index (κ2) is 6.96. The van der Waals surface area contributed by atoms with Gasteiger partial charge < -0.3 is 15.3 Å². The van der Waals surface area contributed by atoms with Crippen LogP contribution in [-0.4, -0.2) is 48.3 Å². The van der Waals surface area contributed by atoms with E-state index in [2.05, 4.69) is 36.2 Å². The standard InChI is InChI=1S/C25H40N2O/c1-23-10-4-3-5-19(23)6-7-20-21(23)8-11-24(2)22(20)9-12-25(24,28)13-16-27-17-14-26-15-18-27/h5,8,20,22,26,28H,3-4,6-7,9-18H2,1-2H3/t20-,22+,23+,24+,25+/m1/s1. The molecule has 0 spiro atoms. The van der Waals surface area contributed by atoms with E-state index in [0.717, 1.165) is 52.0 Å². The number of nitrogens with one attached hydrogen (secondary N) is 1. The molecule has 2 N–H and O–H groups in total. The molecule has 3 nitrogen and oxygen atoms in total. The molecule has 1 aliphatic heterocycles. The molecule has 5 aliphatic rings. The molecule has 28 heavy (non-hydrogen) atoms. The molecule has 5 atom stereocenters. The van der Waals surface area contributed by atoms with Gasteiger partial charge in [-0.15, -0.1) is 0 Å². The number of rotatable bonds is 3. The van der Waals surface area contributed by atoms with Crippen LogP contribution in [0.4, 0.5) is 0 Å². The lowest BCUT2D eigenvalue weighted by Crippen LogP contribution is -2.52. The zero-order valence-electron chi connectivity index (χ0n) is 18.1. The van der Waals surface area contributed by atoms with Crippen LogP contribution in [0.2, 0.25) is 0 Å². The number of piperazine rings is 1. The highest BCUT2D eigenvalue weighted by molar-refractivity contribution is 5.38. The fourth-order valence-electron chi connectivity index (χ4n) is 7.84. The summed E-state index contributed by atoms with van der Waals surface area (Å²) in [5.41, 5.74) is 3.43. The van der Waals surface area contributed by atoms with Crippen molar-refractivity contribution in [2.24, 2.45) is 22.7 Å². The molecule has 0 radical (unpaired) electrons. The normalized spacial score (nSPS) is 46.2. The van der Waals surface area contributed by atoms with Crippen LogP contribution in [0.1, 0.15) is 71.6 Å². The number of aliphatic hydroxyl groups is 1. The minimum absolute atomic E-state index is 0.0709. The van der Waals surface area contributed by atoms with Crippen LogP contribution < -0.4 is 5.32 Å². The van der Waals surface area contributed by atoms with Gasteiger partial charge in [-0.05, 0) is 69.6 Å². The lowest BCUT2D eigenvalue weighted by molar-refractivity contribution is -0.0907. The molecule has 0 amide bonds. The third-order valence-corrected chi connectivity index (χ3v) is 9.77. The molecule has 1 heterocycles. The number of hydrogen-bond donors (Lipinski definition) is 2. The highest BCUT2D eigenvalue weighted by Gasteiger charge is 2.61. The van der Waals surface area contributed by atoms with E-state index in [1.807, 2.05) is 0 Å². The molecule has 0 aromatic rings. The molecule has 4 aliphatic carbocycles. The molecule has 3 heteroatoms. The minimum Gasteiger partial charge on any atom is -0.389 e. The van der Waals surface area contributed by atoms with Crippen LogP contribution in [-0.2, 0) is 0 Å². The van der Waals surface area contributed by atoms with Gasteiger partial charge in [-0.1, -0.05) is 37.1 Å². The SMILES string of the molecule is C[C@]12CCCC=C1CC[C@@H]1C2=CC[C@@]2(C)[C@H]1CC[C@]2(O)CCN1CCNCC1. The van der Waals surface area contributed by atoms with E-state index in [4.69, 9.17) is 0 Å². The van der Waals surface area contributed by atoms with Gasteiger partial charge in [0.25, 0.3) is 0 Å². The average molecular weight is 385 g/mol. The van der Waals surface area contributed by atoms with Crippen LogP contribution in [0.3, 0.4) is 0 Å². The first-order chi connectivity index (χ1) is 13.5. The largest absolute Gasteiger partial charge is 0.389 e. The van der Waals surface area contributed by atoms with Crippen molar-refractivity contribution in [2.45, 2.75) is 77.2 Å². The lowest BCUT2D eigenvalue weighted by Gasteiger charge is -2.55.